The van der Waals surface area contributed by atoms with Gasteiger partial charge in [0.2, 0.25) is 0 Å². The normalized spacial score (nSPS) is 16.2. The van der Waals surface area contributed by atoms with Gasteiger partial charge in [0.15, 0.2) is 19.7 Å². The van der Waals surface area contributed by atoms with Crippen LogP contribution < -0.4 is 5.46 Å². The number of hydrogen-bond donors (Lipinski definition) is 0. The first-order valence-corrected chi connectivity index (χ1v) is 22.5. The topological polar surface area (TPSA) is 121 Å². The van der Waals surface area contributed by atoms with Crippen molar-refractivity contribution in [1.82, 2.24) is 0 Å². The number of halogens is 3. The van der Waals surface area contributed by atoms with Crippen LogP contribution in [0.25, 0.3) is 0 Å². The molecule has 0 bridgehead atoms. The lowest BCUT2D eigenvalue weighted by atomic mass is 9.79. The zero-order valence-electron chi connectivity index (χ0n) is 29.5. The Kier molecular flexibility index (Phi) is 14.5. The number of sulfone groups is 2. The first-order chi connectivity index (χ1) is 22.0. The van der Waals surface area contributed by atoms with E-state index in [1.54, 1.807) is 60.7 Å². The molecule has 0 spiro atoms. The van der Waals surface area contributed by atoms with E-state index in [1.807, 2.05) is 75.3 Å². The van der Waals surface area contributed by atoms with E-state index in [0.717, 1.165) is 0 Å². The van der Waals surface area contributed by atoms with E-state index in [9.17, 15) is 25.3 Å². The van der Waals surface area contributed by atoms with E-state index in [0.29, 0.717) is 24.2 Å². The first kappa shape index (κ1) is 43.9. The molecule has 272 valence electrons. The summed E-state index contributed by atoms with van der Waals surface area (Å²) in [6.07, 6.45) is 0. The van der Waals surface area contributed by atoms with Crippen LogP contribution in [0.3, 0.4) is 0 Å². The van der Waals surface area contributed by atoms with Gasteiger partial charge >= 0.3 is 7.12 Å². The predicted octanol–water partition coefficient (Wildman–Crippen LogP) is 8.45. The van der Waals surface area contributed by atoms with Crippen LogP contribution in [0.4, 0.5) is 0 Å². The summed E-state index contributed by atoms with van der Waals surface area (Å²) in [5.74, 6) is 0.235. The minimum absolute atomic E-state index is 0.0799. The Morgan fingerprint density at radius 3 is 1.27 bits per heavy atom. The lowest BCUT2D eigenvalue weighted by Gasteiger charge is -2.32. The molecule has 1 heterocycles. The van der Waals surface area contributed by atoms with Crippen molar-refractivity contribution in [2.24, 2.45) is 10.8 Å². The van der Waals surface area contributed by atoms with E-state index >= 15 is 0 Å². The van der Waals surface area contributed by atoms with Crippen molar-refractivity contribution in [3.05, 3.63) is 81.7 Å². The molecule has 0 saturated carbocycles. The predicted molar refractivity (Wildman–Crippen MR) is 206 cm³/mol. The van der Waals surface area contributed by atoms with Crippen molar-refractivity contribution in [2.75, 3.05) is 11.5 Å². The molecule has 0 N–H and O–H groups in total. The number of benzene rings is 3. The molecule has 0 unspecified atom stereocenters. The third kappa shape index (κ3) is 13.0. The van der Waals surface area contributed by atoms with Gasteiger partial charge in [0.05, 0.1) is 37.4 Å². The van der Waals surface area contributed by atoms with Crippen molar-refractivity contribution < 1.29 is 34.6 Å². The lowest BCUT2D eigenvalue weighted by Crippen LogP contribution is -2.41. The Morgan fingerprint density at radius 2 is 0.918 bits per heavy atom. The van der Waals surface area contributed by atoms with Crippen LogP contribution in [0.2, 0.25) is 0 Å². The Labute approximate surface area is 315 Å². The van der Waals surface area contributed by atoms with E-state index in [-0.39, 0.29) is 27.2 Å². The van der Waals surface area contributed by atoms with Gasteiger partial charge in [0.1, 0.15) is 0 Å². The van der Waals surface area contributed by atoms with E-state index < -0.39 is 47.0 Å². The van der Waals surface area contributed by atoms with E-state index in [4.69, 9.17) is 20.0 Å². The summed E-state index contributed by atoms with van der Waals surface area (Å²) in [6.45, 7) is 19.3. The molecule has 3 aromatic carbocycles. The van der Waals surface area contributed by atoms with Crippen LogP contribution >= 0.6 is 42.5 Å². The second-order valence-corrected chi connectivity index (χ2v) is 23.2. The molecule has 0 aromatic heterocycles. The molecule has 0 radical (unpaired) electrons. The molecule has 3 aromatic rings. The van der Waals surface area contributed by atoms with Crippen LogP contribution in [0.15, 0.2) is 96.4 Å². The largest absolute Gasteiger partial charge is 0.496 e. The third-order valence-corrected chi connectivity index (χ3v) is 15.1. The average Bonchev–Trinajstić information content (AvgIpc) is 3.13. The van der Waals surface area contributed by atoms with Gasteiger partial charge < -0.3 is 9.31 Å². The highest BCUT2D eigenvalue weighted by atomic mass is 79.9. The highest BCUT2D eigenvalue weighted by Gasteiger charge is 2.52. The Hall–Kier alpha value is -1.26. The molecular formula is C34H46BBr2ClO8S3. The van der Waals surface area contributed by atoms with Crippen molar-refractivity contribution in [3.8, 4) is 0 Å². The summed E-state index contributed by atoms with van der Waals surface area (Å²) in [5.41, 5.74) is -0.969. The molecule has 1 aliphatic heterocycles. The van der Waals surface area contributed by atoms with E-state index in [2.05, 4.69) is 31.9 Å². The minimum atomic E-state index is -3.61. The average molecular weight is 885 g/mol. The Balaban J connectivity index is 0.000000276. The highest BCUT2D eigenvalue weighted by molar-refractivity contribution is 9.10. The fourth-order valence-corrected chi connectivity index (χ4v) is 11.8. The zero-order chi connectivity index (χ0) is 37.9. The van der Waals surface area contributed by atoms with Gasteiger partial charge in [-0.15, -0.1) is 0 Å². The highest BCUT2D eigenvalue weighted by Crippen LogP contribution is 2.37. The summed E-state index contributed by atoms with van der Waals surface area (Å²) < 4.78 is 84.5. The molecule has 1 fully saturated rings. The first-order valence-electron chi connectivity index (χ1n) is 15.3. The van der Waals surface area contributed by atoms with Crippen molar-refractivity contribution in [3.63, 3.8) is 0 Å². The second kappa shape index (κ2) is 16.2. The molecule has 0 amide bonds. The Bertz CT molecular complexity index is 1920. The number of rotatable bonds is 6. The fourth-order valence-electron chi connectivity index (χ4n) is 4.56. The standard InChI is InChI=1S/C17H27BO4S.C11H15BrO2S.C6H4BrClO2S/c1-15(2,3)12-23(19,20)14-11-9-8-10-13(14)18-21-16(4,5)17(6,7)22-18;1-11(2,3)8-15(13,14)10-7-5-4-6-9(10)12;7-5-3-1-2-4-6(5)11(8,9)10/h8-11H,12H2,1-7H3;4-7H,8H2,1-3H3;1-4H. The van der Waals surface area contributed by atoms with Gasteiger partial charge in [0.25, 0.3) is 9.05 Å². The maximum Gasteiger partial charge on any atom is 0.496 e. The fraction of sp³-hybridized carbons (Fsp3) is 0.471. The maximum atomic E-state index is 12.8. The van der Waals surface area contributed by atoms with Crippen molar-refractivity contribution >= 4 is 83.8 Å². The van der Waals surface area contributed by atoms with Gasteiger partial charge in [-0.25, -0.2) is 25.3 Å². The minimum Gasteiger partial charge on any atom is -0.399 e. The summed E-state index contributed by atoms with van der Waals surface area (Å²) in [4.78, 5) is 0.773. The van der Waals surface area contributed by atoms with Crippen LogP contribution in [-0.2, 0) is 38.0 Å². The third-order valence-electron chi connectivity index (χ3n) is 7.28. The summed E-state index contributed by atoms with van der Waals surface area (Å²) in [6, 6.07) is 20.3. The summed E-state index contributed by atoms with van der Waals surface area (Å²) in [5, 5.41) is 0. The Morgan fingerprint density at radius 1 is 0.592 bits per heavy atom. The molecule has 15 heteroatoms. The summed E-state index contributed by atoms with van der Waals surface area (Å²) in [7, 11) is -5.79. The number of hydrogen-bond acceptors (Lipinski definition) is 8. The zero-order valence-corrected chi connectivity index (χ0v) is 35.9. The quantitative estimate of drug-likeness (QED) is 0.179. The molecule has 4 rings (SSSR count). The van der Waals surface area contributed by atoms with Gasteiger partial charge in [0, 0.05) is 25.1 Å². The van der Waals surface area contributed by atoms with Crippen LogP contribution in [0.5, 0.6) is 0 Å². The van der Waals surface area contributed by atoms with Crippen molar-refractivity contribution in [1.29, 1.82) is 0 Å². The lowest BCUT2D eigenvalue weighted by molar-refractivity contribution is 0.00578. The smallest absolute Gasteiger partial charge is 0.399 e. The SMILES string of the molecule is CC(C)(C)CS(=O)(=O)c1ccccc1B1OC(C)(C)C(C)(C)O1.CC(C)(C)CS(=O)(=O)c1ccccc1Br.O=S(=O)(Cl)c1ccccc1Br. The van der Waals surface area contributed by atoms with Crippen LogP contribution in [0.1, 0.15) is 69.2 Å². The van der Waals surface area contributed by atoms with Gasteiger partial charge in [-0.2, -0.15) is 0 Å². The maximum absolute atomic E-state index is 12.8. The van der Waals surface area contributed by atoms with Crippen molar-refractivity contribution in [2.45, 2.75) is 95.1 Å². The van der Waals surface area contributed by atoms with Gasteiger partial charge in [-0.05, 0) is 101 Å². The second-order valence-electron chi connectivity index (χ2n) is 15.1. The van der Waals surface area contributed by atoms with E-state index in [1.165, 1.54) is 6.07 Å². The van der Waals surface area contributed by atoms with Crippen LogP contribution in [0, 0.1) is 10.8 Å². The van der Waals surface area contributed by atoms with Crippen LogP contribution in [-0.4, -0.2) is 55.1 Å². The molecule has 0 aliphatic carbocycles. The summed E-state index contributed by atoms with van der Waals surface area (Å²) >= 11 is 6.33. The molecule has 8 nitrogen and oxygen atoms in total. The molecule has 49 heavy (non-hydrogen) atoms. The molecular weight excluding hydrogens is 839 g/mol. The molecule has 0 atom stereocenters. The molecule has 1 aliphatic rings. The molecule has 1 saturated heterocycles. The van der Waals surface area contributed by atoms with Gasteiger partial charge in [-0.3, -0.25) is 0 Å². The monoisotopic (exact) mass is 882 g/mol. The van der Waals surface area contributed by atoms with Gasteiger partial charge in [-0.1, -0.05) is 84.0 Å².